The van der Waals surface area contributed by atoms with Gasteiger partial charge in [-0.2, -0.15) is 0 Å². The average molecular weight is 241 g/mol. The molecule has 0 spiro atoms. The number of carbonyl (C=O) groups is 2. The topological polar surface area (TPSA) is 60.4 Å². The third kappa shape index (κ3) is 9.12. The van der Waals surface area contributed by atoms with E-state index in [1.54, 1.807) is 0 Å². The predicted molar refractivity (Wildman–Crippen MR) is 51.7 cm³/mol. The van der Waals surface area contributed by atoms with Crippen LogP contribution in [0.4, 0.5) is 4.39 Å². The van der Waals surface area contributed by atoms with E-state index in [-0.39, 0.29) is 36.0 Å². The monoisotopic (exact) mass is 241 g/mol. The number of unbranched alkanes of at least 4 members (excludes halogenated alkanes) is 1. The molecule has 0 fully saturated rings. The van der Waals surface area contributed by atoms with Crippen molar-refractivity contribution in [3.05, 3.63) is 0 Å². The molecule has 0 bridgehead atoms. The molecule has 0 aliphatic heterocycles. The molecule has 0 saturated carbocycles. The van der Waals surface area contributed by atoms with Gasteiger partial charge in [0.15, 0.2) is 0 Å². The fourth-order valence-corrected chi connectivity index (χ4v) is 1.15. The summed E-state index contributed by atoms with van der Waals surface area (Å²) in [4.78, 5) is 22.4. The Kier molecular flexibility index (Phi) is 11.5. The fourth-order valence-electron chi connectivity index (χ4n) is 1.15. The van der Waals surface area contributed by atoms with Crippen LogP contribution in [-0.4, -0.2) is 36.5 Å². The Morgan fingerprint density at radius 3 is 2.44 bits per heavy atom. The Balaban J connectivity index is 0. The van der Waals surface area contributed by atoms with Crippen molar-refractivity contribution < 1.29 is 48.6 Å². The number of carboxylic acid groups (broad SMARTS) is 1. The molecule has 0 heterocycles. The Bertz CT molecular complexity index is 226. The van der Waals surface area contributed by atoms with E-state index in [4.69, 9.17) is 0 Å². The molecule has 16 heavy (non-hydrogen) atoms. The van der Waals surface area contributed by atoms with Crippen LogP contribution in [0, 0.1) is 0 Å². The van der Waals surface area contributed by atoms with Gasteiger partial charge in [-0.25, -0.2) is 4.39 Å². The average Bonchev–Trinajstić information content (AvgIpc) is 2.13. The number of alkyl halides is 1. The van der Waals surface area contributed by atoms with Crippen molar-refractivity contribution in [2.24, 2.45) is 0 Å². The summed E-state index contributed by atoms with van der Waals surface area (Å²) in [6.45, 7) is 1.45. The van der Waals surface area contributed by atoms with Crippen LogP contribution in [0.1, 0.15) is 32.6 Å². The van der Waals surface area contributed by atoms with E-state index in [0.29, 0.717) is 6.42 Å². The Hall–Kier alpha value is -0.130. The molecular weight excluding hydrogens is 224 g/mol. The normalized spacial score (nSPS) is 11.4. The number of aliphatic carboxylic acids is 1. The van der Waals surface area contributed by atoms with Crippen molar-refractivity contribution >= 4 is 11.9 Å². The van der Waals surface area contributed by atoms with Gasteiger partial charge in [0, 0.05) is 7.05 Å². The maximum atomic E-state index is 13.1. The summed E-state index contributed by atoms with van der Waals surface area (Å²) in [6, 6.07) is 0. The minimum Gasteiger partial charge on any atom is -0.548 e. The second-order valence-electron chi connectivity index (χ2n) is 3.57. The molecule has 1 amide bonds. The Morgan fingerprint density at radius 1 is 1.44 bits per heavy atom. The molecule has 0 aromatic rings. The molecule has 0 aliphatic carbocycles. The van der Waals surface area contributed by atoms with Crippen molar-refractivity contribution in [1.82, 2.24) is 4.90 Å². The van der Waals surface area contributed by atoms with Crippen molar-refractivity contribution in [3.8, 4) is 0 Å². The zero-order valence-electron chi connectivity index (χ0n) is 10.2. The molecular formula is C10H17FNNaO3. The number of amides is 1. The van der Waals surface area contributed by atoms with Crippen LogP contribution < -0.4 is 34.7 Å². The number of hydrogen-bond donors (Lipinski definition) is 0. The summed E-state index contributed by atoms with van der Waals surface area (Å²) in [5.74, 6) is -1.84. The predicted octanol–water partition coefficient (Wildman–Crippen LogP) is -2.88. The summed E-state index contributed by atoms with van der Waals surface area (Å²) in [7, 11) is 1.32. The first-order chi connectivity index (χ1) is 6.97. The molecule has 1 unspecified atom stereocenters. The number of likely N-dealkylation sites (N-methyl/N-ethyl adjacent to an activating group) is 1. The maximum Gasteiger partial charge on any atom is 1.00 e. The number of rotatable bonds is 7. The molecule has 0 aromatic heterocycles. The molecule has 6 heteroatoms. The van der Waals surface area contributed by atoms with E-state index in [1.807, 2.05) is 6.92 Å². The quantitative estimate of drug-likeness (QED) is 0.450. The van der Waals surface area contributed by atoms with Crippen molar-refractivity contribution in [2.45, 2.75) is 38.8 Å². The van der Waals surface area contributed by atoms with Gasteiger partial charge in [0.05, 0.1) is 18.9 Å². The summed E-state index contributed by atoms with van der Waals surface area (Å²) in [5.41, 5.74) is 0. The summed E-state index contributed by atoms with van der Waals surface area (Å²) in [5, 5.41) is 10.2. The van der Waals surface area contributed by atoms with Crippen LogP contribution in [0.25, 0.3) is 0 Å². The first kappa shape index (κ1) is 18.2. The number of halogens is 1. The first-order valence-corrected chi connectivity index (χ1v) is 5.05. The number of hydrogen-bond acceptors (Lipinski definition) is 3. The van der Waals surface area contributed by atoms with Gasteiger partial charge in [0.2, 0.25) is 5.91 Å². The molecule has 1 atom stereocenters. The molecule has 0 aliphatic rings. The van der Waals surface area contributed by atoms with Crippen LogP contribution in [0.15, 0.2) is 0 Å². The van der Waals surface area contributed by atoms with Crippen LogP contribution in [0.5, 0.6) is 0 Å². The fraction of sp³-hybridized carbons (Fsp3) is 0.800. The number of carbonyl (C=O) groups excluding carboxylic acids is 2. The molecule has 4 nitrogen and oxygen atoms in total. The largest absolute Gasteiger partial charge is 1.00 e. The van der Waals surface area contributed by atoms with E-state index in [0.717, 1.165) is 17.7 Å². The number of carboxylic acids is 1. The van der Waals surface area contributed by atoms with E-state index in [2.05, 4.69) is 0 Å². The second-order valence-corrected chi connectivity index (χ2v) is 3.57. The third-order valence-electron chi connectivity index (χ3n) is 2.06. The van der Waals surface area contributed by atoms with E-state index < -0.39 is 24.6 Å². The maximum absolute atomic E-state index is 13.1. The van der Waals surface area contributed by atoms with Gasteiger partial charge < -0.3 is 14.8 Å². The third-order valence-corrected chi connectivity index (χ3v) is 2.06. The zero-order valence-corrected chi connectivity index (χ0v) is 12.2. The van der Waals surface area contributed by atoms with Crippen LogP contribution >= 0.6 is 0 Å². The molecule has 0 rings (SSSR count). The van der Waals surface area contributed by atoms with Crippen molar-refractivity contribution in [3.63, 3.8) is 0 Å². The van der Waals surface area contributed by atoms with Gasteiger partial charge >= 0.3 is 29.6 Å². The molecule has 0 aromatic carbocycles. The standard InChI is InChI=1S/C10H18FNO3.Na/c1-3-4-5-8(11)6-9(13)12(2)7-10(14)15;/h8H,3-7H2,1-2H3,(H,14,15);/q;+1/p-1. The van der Waals surface area contributed by atoms with Crippen molar-refractivity contribution in [2.75, 3.05) is 13.6 Å². The minimum absolute atomic E-state index is 0. The second kappa shape index (κ2) is 10.1. The van der Waals surface area contributed by atoms with E-state index in [9.17, 15) is 19.1 Å². The minimum atomic E-state index is -1.34. The van der Waals surface area contributed by atoms with Crippen LogP contribution in [0.2, 0.25) is 0 Å². The molecule has 0 saturated heterocycles. The van der Waals surface area contributed by atoms with E-state index >= 15 is 0 Å². The summed E-state index contributed by atoms with van der Waals surface area (Å²) < 4.78 is 13.1. The van der Waals surface area contributed by atoms with Gasteiger partial charge in [-0.05, 0) is 6.42 Å². The SMILES string of the molecule is CCCCC(F)CC(=O)N(C)CC(=O)[O-].[Na+]. The van der Waals surface area contributed by atoms with E-state index in [1.165, 1.54) is 7.05 Å². The molecule has 0 N–H and O–H groups in total. The van der Waals surface area contributed by atoms with Crippen LogP contribution in [-0.2, 0) is 9.59 Å². The Labute approximate surface area is 117 Å². The zero-order chi connectivity index (χ0) is 11.8. The smallest absolute Gasteiger partial charge is 0.548 e. The van der Waals surface area contributed by atoms with Gasteiger partial charge in [-0.15, -0.1) is 0 Å². The van der Waals surface area contributed by atoms with Crippen LogP contribution in [0.3, 0.4) is 0 Å². The summed E-state index contributed by atoms with van der Waals surface area (Å²) >= 11 is 0. The molecule has 0 radical (unpaired) electrons. The first-order valence-electron chi connectivity index (χ1n) is 5.05. The molecule has 88 valence electrons. The number of nitrogens with zero attached hydrogens (tertiary/aromatic N) is 1. The van der Waals surface area contributed by atoms with Gasteiger partial charge in [0.1, 0.15) is 6.17 Å². The van der Waals surface area contributed by atoms with Gasteiger partial charge in [-0.1, -0.05) is 19.8 Å². The van der Waals surface area contributed by atoms with Gasteiger partial charge in [0.25, 0.3) is 0 Å². The van der Waals surface area contributed by atoms with Crippen molar-refractivity contribution in [1.29, 1.82) is 0 Å². The van der Waals surface area contributed by atoms with Gasteiger partial charge in [-0.3, -0.25) is 4.79 Å². The summed E-state index contributed by atoms with van der Waals surface area (Å²) in [6.07, 6.45) is 0.537. The Morgan fingerprint density at radius 2 is 2.00 bits per heavy atom.